The number of alkyl carbamates (subject to hydrolysis) is 1. The molecule has 0 heterocycles. The van der Waals surface area contributed by atoms with Gasteiger partial charge in [-0.15, -0.1) is 0 Å². The Morgan fingerprint density at radius 2 is 1.88 bits per heavy atom. The number of hydrogen-bond donors (Lipinski definition) is 2. The molecule has 1 aromatic rings. The first kappa shape index (κ1) is 19.2. The number of amides is 1. The molecule has 0 bridgehead atoms. The van der Waals surface area contributed by atoms with Crippen LogP contribution in [0.1, 0.15) is 32.3 Å². The van der Waals surface area contributed by atoms with E-state index in [0.29, 0.717) is 0 Å². The Balaban J connectivity index is 2.34. The van der Waals surface area contributed by atoms with Gasteiger partial charge in [0.15, 0.2) is 9.84 Å². The molecule has 1 saturated carbocycles. The summed E-state index contributed by atoms with van der Waals surface area (Å²) in [5.41, 5.74) is 4.97. The molecular weight excluding hydrogens is 396 g/mol. The maximum atomic E-state index is 12.2. The van der Waals surface area contributed by atoms with E-state index in [9.17, 15) is 13.2 Å². The largest absolute Gasteiger partial charge is 0.444 e. The van der Waals surface area contributed by atoms with Gasteiger partial charge in [-0.3, -0.25) is 0 Å². The number of carbonyl (C=O) groups excluding carboxylic acids is 1. The smallest absolute Gasteiger partial charge is 0.408 e. The molecule has 134 valence electrons. The molecule has 0 spiro atoms. The predicted octanol–water partition coefficient (Wildman–Crippen LogP) is 2.18. The van der Waals surface area contributed by atoms with Crippen molar-refractivity contribution in [1.29, 1.82) is 0 Å². The normalized spacial score (nSPS) is 26.8. The van der Waals surface area contributed by atoms with Crippen molar-refractivity contribution in [2.45, 2.75) is 43.1 Å². The van der Waals surface area contributed by atoms with Gasteiger partial charge in [0, 0.05) is 23.2 Å². The summed E-state index contributed by atoms with van der Waals surface area (Å²) in [5, 5.41) is 1.94. The second-order valence-corrected chi connectivity index (χ2v) is 10.2. The quantitative estimate of drug-likeness (QED) is 0.780. The average molecular weight is 419 g/mol. The zero-order valence-corrected chi connectivity index (χ0v) is 16.6. The number of sulfone groups is 1. The first-order valence-corrected chi connectivity index (χ1v) is 10.3. The summed E-state index contributed by atoms with van der Waals surface area (Å²) in [4.78, 5) is 12.2. The molecule has 0 unspecified atom stereocenters. The van der Waals surface area contributed by atoms with Gasteiger partial charge in [-0.1, -0.05) is 28.1 Å². The highest BCUT2D eigenvalue weighted by molar-refractivity contribution is 9.10. The highest BCUT2D eigenvalue weighted by atomic mass is 79.9. The van der Waals surface area contributed by atoms with Crippen LogP contribution in [0.15, 0.2) is 28.7 Å². The lowest BCUT2D eigenvalue weighted by Gasteiger charge is -2.24. The fraction of sp³-hybridized carbons (Fsp3) is 0.562. The maximum absolute atomic E-state index is 12.2. The molecule has 2 rings (SSSR count). The van der Waals surface area contributed by atoms with E-state index in [-0.39, 0.29) is 6.54 Å². The van der Waals surface area contributed by atoms with Crippen LogP contribution in [-0.4, -0.2) is 43.7 Å². The lowest BCUT2D eigenvalue weighted by Crippen LogP contribution is -2.48. The summed E-state index contributed by atoms with van der Waals surface area (Å²) in [6.07, 6.45) is 0.499. The minimum absolute atomic E-state index is 0.00467. The van der Waals surface area contributed by atoms with Gasteiger partial charge in [0.25, 0.3) is 0 Å². The number of hydrogen-bond acceptors (Lipinski definition) is 5. The van der Waals surface area contributed by atoms with E-state index in [1.165, 1.54) is 0 Å². The Labute approximate surface area is 151 Å². The van der Waals surface area contributed by atoms with Crippen molar-refractivity contribution in [1.82, 2.24) is 5.32 Å². The van der Waals surface area contributed by atoms with Crippen molar-refractivity contribution in [3.05, 3.63) is 34.3 Å². The average Bonchev–Trinajstić information content (AvgIpc) is 3.06. The minimum Gasteiger partial charge on any atom is -0.444 e. The Hall–Kier alpha value is -1.12. The second-order valence-electron chi connectivity index (χ2n) is 7.15. The molecule has 1 aliphatic rings. The van der Waals surface area contributed by atoms with Crippen molar-refractivity contribution in [3.8, 4) is 0 Å². The van der Waals surface area contributed by atoms with Crippen LogP contribution in [0.5, 0.6) is 0 Å². The van der Waals surface area contributed by atoms with E-state index in [4.69, 9.17) is 10.5 Å². The number of halogens is 1. The molecular formula is C16H23BrN2O4S. The van der Waals surface area contributed by atoms with Crippen LogP contribution in [0.3, 0.4) is 0 Å². The summed E-state index contributed by atoms with van der Waals surface area (Å²) in [7, 11) is -3.41. The van der Waals surface area contributed by atoms with Gasteiger partial charge in [0.2, 0.25) is 0 Å². The molecule has 1 aliphatic carbocycles. The van der Waals surface area contributed by atoms with Gasteiger partial charge in [0.05, 0.1) is 10.8 Å². The monoisotopic (exact) mass is 418 g/mol. The third kappa shape index (κ3) is 3.92. The highest BCUT2D eigenvalue weighted by Gasteiger charge is 2.70. The lowest BCUT2D eigenvalue weighted by molar-refractivity contribution is 0.0497. The SMILES string of the molecule is CC(C)(C)OC(=O)N[C@@]1(CN)[C@H](S(C)(=O)=O)[C@@H]1c1ccc(Br)cc1. The molecule has 24 heavy (non-hydrogen) atoms. The van der Waals surface area contributed by atoms with E-state index in [1.807, 2.05) is 24.3 Å². The van der Waals surface area contributed by atoms with E-state index in [0.717, 1.165) is 16.3 Å². The zero-order valence-electron chi connectivity index (χ0n) is 14.2. The van der Waals surface area contributed by atoms with E-state index in [1.54, 1.807) is 20.8 Å². The summed E-state index contributed by atoms with van der Waals surface area (Å²) < 4.78 is 30.6. The van der Waals surface area contributed by atoms with E-state index in [2.05, 4.69) is 21.2 Å². The molecule has 3 N–H and O–H groups in total. The summed E-state index contributed by atoms with van der Waals surface area (Å²) >= 11 is 3.36. The van der Waals surface area contributed by atoms with Gasteiger partial charge >= 0.3 is 6.09 Å². The lowest BCUT2D eigenvalue weighted by atomic mass is 10.1. The van der Waals surface area contributed by atoms with Crippen molar-refractivity contribution < 1.29 is 17.9 Å². The van der Waals surface area contributed by atoms with Crippen molar-refractivity contribution in [2.24, 2.45) is 5.73 Å². The summed E-state index contributed by atoms with van der Waals surface area (Å²) in [6, 6.07) is 7.34. The summed E-state index contributed by atoms with van der Waals surface area (Å²) in [6.45, 7) is 5.24. The van der Waals surface area contributed by atoms with Gasteiger partial charge in [-0.2, -0.15) is 0 Å². The third-order valence-corrected chi connectivity index (χ3v) is 6.16. The Bertz CT molecular complexity index is 727. The Morgan fingerprint density at radius 3 is 2.29 bits per heavy atom. The highest BCUT2D eigenvalue weighted by Crippen LogP contribution is 2.55. The first-order chi connectivity index (χ1) is 10.9. The van der Waals surface area contributed by atoms with Crippen molar-refractivity contribution in [2.75, 3.05) is 12.8 Å². The molecule has 1 amide bonds. The minimum atomic E-state index is -3.41. The second kappa shape index (κ2) is 6.31. The van der Waals surface area contributed by atoms with Gasteiger partial charge < -0.3 is 15.8 Å². The van der Waals surface area contributed by atoms with Crippen LogP contribution >= 0.6 is 15.9 Å². The number of nitrogens with one attached hydrogen (secondary N) is 1. The van der Waals surface area contributed by atoms with E-state index >= 15 is 0 Å². The van der Waals surface area contributed by atoms with Crippen LogP contribution in [0, 0.1) is 0 Å². The van der Waals surface area contributed by atoms with Gasteiger partial charge in [-0.25, -0.2) is 13.2 Å². The fourth-order valence-corrected chi connectivity index (χ4v) is 5.26. The summed E-state index contributed by atoms with van der Waals surface area (Å²) in [5.74, 6) is -0.405. The number of carbonyl (C=O) groups is 1. The van der Waals surface area contributed by atoms with Crippen LogP contribution in [0.25, 0.3) is 0 Å². The molecule has 8 heteroatoms. The molecule has 3 atom stereocenters. The number of ether oxygens (including phenoxy) is 1. The van der Waals surface area contributed by atoms with Crippen LogP contribution in [-0.2, 0) is 14.6 Å². The van der Waals surface area contributed by atoms with Crippen LogP contribution in [0.2, 0.25) is 0 Å². The molecule has 0 saturated heterocycles. The topological polar surface area (TPSA) is 98.5 Å². The van der Waals surface area contributed by atoms with Gasteiger partial charge in [-0.05, 0) is 38.5 Å². The molecule has 1 aromatic carbocycles. The van der Waals surface area contributed by atoms with Crippen LogP contribution in [0.4, 0.5) is 4.79 Å². The van der Waals surface area contributed by atoms with Gasteiger partial charge in [0.1, 0.15) is 5.60 Å². The molecule has 0 radical (unpaired) electrons. The third-order valence-electron chi connectivity index (χ3n) is 4.02. The van der Waals surface area contributed by atoms with Crippen molar-refractivity contribution >= 4 is 31.9 Å². The Kier molecular flexibility index (Phi) is 5.05. The standard InChI is InChI=1S/C16H23BrN2O4S/c1-15(2,3)23-14(20)19-16(9-18)12(13(16)24(4,21)22)10-5-7-11(17)8-6-10/h5-8,12-13H,9,18H2,1-4H3,(H,19,20)/t12-,13+,16+/m0/s1. The maximum Gasteiger partial charge on any atom is 0.408 e. The predicted molar refractivity (Wildman–Crippen MR) is 96.7 cm³/mol. The van der Waals surface area contributed by atoms with E-state index < -0.39 is 38.2 Å². The Morgan fingerprint density at radius 1 is 1.33 bits per heavy atom. The number of nitrogens with two attached hydrogens (primary N) is 1. The molecule has 1 fully saturated rings. The fourth-order valence-electron chi connectivity index (χ4n) is 3.11. The van der Waals surface area contributed by atoms with Crippen molar-refractivity contribution in [3.63, 3.8) is 0 Å². The zero-order chi connectivity index (χ0) is 18.3. The molecule has 0 aromatic heterocycles. The van der Waals surface area contributed by atoms with Crippen LogP contribution < -0.4 is 11.1 Å². The number of rotatable bonds is 4. The number of benzene rings is 1. The molecule has 6 nitrogen and oxygen atoms in total. The molecule has 0 aliphatic heterocycles. The first-order valence-electron chi connectivity index (χ1n) is 7.56.